The number of Topliss-reactive ketones (excluding diaryl/α,β-unsaturated/α-hetero) is 1. The number of hydrogen-bond acceptors (Lipinski definition) is 6. The van der Waals surface area contributed by atoms with Crippen LogP contribution in [0.3, 0.4) is 0 Å². The Labute approximate surface area is 138 Å². The molecule has 2 aromatic heterocycles. The smallest absolute Gasteiger partial charge is 0.290 e. The van der Waals surface area contributed by atoms with Gasteiger partial charge in [-0.05, 0) is 38.4 Å². The highest BCUT2D eigenvalue weighted by Crippen LogP contribution is 2.38. The highest BCUT2D eigenvalue weighted by Gasteiger charge is 2.45. The molecular weight excluding hydrogens is 312 g/mol. The summed E-state index contributed by atoms with van der Waals surface area (Å²) in [6, 6.07) is 5.65. The van der Waals surface area contributed by atoms with Gasteiger partial charge in [-0.2, -0.15) is 0 Å². The number of hydrogen-bond donors (Lipinski definition) is 1. The van der Waals surface area contributed by atoms with Crippen LogP contribution in [0, 0.1) is 0 Å². The van der Waals surface area contributed by atoms with Gasteiger partial charge in [0.15, 0.2) is 11.5 Å². The Balaban J connectivity index is 2.01. The van der Waals surface area contributed by atoms with E-state index in [0.29, 0.717) is 18.8 Å². The quantitative estimate of drug-likeness (QED) is 0.815. The maximum absolute atomic E-state index is 12.7. The molecule has 1 aliphatic rings. The molecule has 1 aliphatic heterocycles. The van der Waals surface area contributed by atoms with Crippen LogP contribution in [0.15, 0.2) is 57.0 Å². The van der Waals surface area contributed by atoms with Crippen molar-refractivity contribution in [3.63, 3.8) is 0 Å². The molecule has 1 amide bonds. The molecule has 7 heteroatoms. The van der Waals surface area contributed by atoms with Crippen molar-refractivity contribution < 1.29 is 23.5 Å². The lowest BCUT2D eigenvalue weighted by atomic mass is 10.00. The molecule has 2 aromatic rings. The first-order chi connectivity index (χ1) is 11.5. The average Bonchev–Trinajstić information content (AvgIpc) is 3.27. The molecule has 0 saturated carbocycles. The second-order valence-corrected chi connectivity index (χ2v) is 5.79. The van der Waals surface area contributed by atoms with Gasteiger partial charge in [0.25, 0.3) is 5.91 Å². The summed E-state index contributed by atoms with van der Waals surface area (Å²) in [5, 5.41) is 10.3. The van der Waals surface area contributed by atoms with Gasteiger partial charge in [-0.1, -0.05) is 0 Å². The second kappa shape index (κ2) is 6.37. The van der Waals surface area contributed by atoms with Gasteiger partial charge in [-0.3, -0.25) is 9.59 Å². The molecule has 0 bridgehead atoms. The standard InChI is InChI=1S/C17H18N2O5/c1-18(2)7-8-19-14(11-5-3-9-23-11)13(16(21)17(19)22)15(20)12-6-4-10-24-12/h3-6,9-10,14,21H,7-8H2,1-2H3/t14-/m0/s1. The largest absolute Gasteiger partial charge is 0.503 e. The Kier molecular flexibility index (Phi) is 4.26. The molecule has 0 unspecified atom stereocenters. The number of likely N-dealkylation sites (N-methyl/N-ethyl adjacent to an activating group) is 1. The van der Waals surface area contributed by atoms with Crippen LogP contribution in [0.25, 0.3) is 0 Å². The highest BCUT2D eigenvalue weighted by atomic mass is 16.3. The van der Waals surface area contributed by atoms with E-state index in [4.69, 9.17) is 8.83 Å². The van der Waals surface area contributed by atoms with Gasteiger partial charge in [-0.25, -0.2) is 0 Å². The third-order valence-electron chi connectivity index (χ3n) is 3.89. The van der Waals surface area contributed by atoms with Gasteiger partial charge in [0.2, 0.25) is 5.78 Å². The van der Waals surface area contributed by atoms with Crippen LogP contribution in [-0.2, 0) is 4.79 Å². The number of aliphatic hydroxyl groups is 1. The van der Waals surface area contributed by atoms with Crippen molar-refractivity contribution in [2.24, 2.45) is 0 Å². The second-order valence-electron chi connectivity index (χ2n) is 5.79. The summed E-state index contributed by atoms with van der Waals surface area (Å²) in [5.41, 5.74) is -0.0244. The van der Waals surface area contributed by atoms with Gasteiger partial charge >= 0.3 is 0 Å². The molecule has 1 atom stereocenters. The van der Waals surface area contributed by atoms with Gasteiger partial charge in [-0.15, -0.1) is 0 Å². The van der Waals surface area contributed by atoms with Crippen molar-refractivity contribution >= 4 is 11.7 Å². The average molecular weight is 330 g/mol. The Hall–Kier alpha value is -2.80. The van der Waals surface area contributed by atoms with Crippen molar-refractivity contribution in [2.75, 3.05) is 27.2 Å². The normalized spacial score (nSPS) is 18.0. The first kappa shape index (κ1) is 16.1. The van der Waals surface area contributed by atoms with Crippen LogP contribution in [0.5, 0.6) is 0 Å². The van der Waals surface area contributed by atoms with Crippen LogP contribution >= 0.6 is 0 Å². The molecule has 3 heterocycles. The van der Waals surface area contributed by atoms with Crippen molar-refractivity contribution in [2.45, 2.75) is 6.04 Å². The zero-order chi connectivity index (χ0) is 17.3. The van der Waals surface area contributed by atoms with E-state index in [1.54, 1.807) is 18.2 Å². The SMILES string of the molecule is CN(C)CCN1C(=O)C(O)=C(C(=O)c2ccco2)[C@@H]1c1ccco1. The Morgan fingerprint density at radius 3 is 2.54 bits per heavy atom. The molecule has 0 spiro atoms. The zero-order valence-corrected chi connectivity index (χ0v) is 13.4. The first-order valence-electron chi connectivity index (χ1n) is 7.51. The Morgan fingerprint density at radius 2 is 1.96 bits per heavy atom. The van der Waals surface area contributed by atoms with Crippen LogP contribution in [0.2, 0.25) is 0 Å². The third-order valence-corrected chi connectivity index (χ3v) is 3.89. The predicted octanol–water partition coefficient (Wildman–Crippen LogP) is 2.01. The van der Waals surface area contributed by atoms with Crippen molar-refractivity contribution in [1.29, 1.82) is 0 Å². The molecule has 24 heavy (non-hydrogen) atoms. The fourth-order valence-electron chi connectivity index (χ4n) is 2.71. The van der Waals surface area contributed by atoms with Crippen LogP contribution in [0.1, 0.15) is 22.4 Å². The summed E-state index contributed by atoms with van der Waals surface area (Å²) in [4.78, 5) is 28.5. The highest BCUT2D eigenvalue weighted by molar-refractivity contribution is 6.14. The van der Waals surface area contributed by atoms with Crippen molar-refractivity contribution in [1.82, 2.24) is 9.80 Å². The van der Waals surface area contributed by atoms with E-state index in [0.717, 1.165) is 0 Å². The molecular formula is C17H18N2O5. The fraction of sp³-hybridized carbons (Fsp3) is 0.294. The van der Waals surface area contributed by atoms with Gasteiger partial charge in [0.1, 0.15) is 11.8 Å². The number of furan rings is 2. The first-order valence-corrected chi connectivity index (χ1v) is 7.51. The van der Waals surface area contributed by atoms with E-state index in [2.05, 4.69) is 0 Å². The van der Waals surface area contributed by atoms with Crippen LogP contribution in [0.4, 0.5) is 0 Å². The topological polar surface area (TPSA) is 87.1 Å². The number of ketones is 1. The molecule has 7 nitrogen and oxygen atoms in total. The molecule has 0 radical (unpaired) electrons. The molecule has 126 valence electrons. The Bertz CT molecular complexity index is 759. The predicted molar refractivity (Wildman–Crippen MR) is 84.4 cm³/mol. The van der Waals surface area contributed by atoms with E-state index in [1.165, 1.54) is 23.5 Å². The van der Waals surface area contributed by atoms with Gasteiger partial charge < -0.3 is 23.7 Å². The summed E-state index contributed by atoms with van der Waals surface area (Å²) < 4.78 is 10.5. The van der Waals surface area contributed by atoms with E-state index < -0.39 is 23.5 Å². The van der Waals surface area contributed by atoms with Crippen LogP contribution < -0.4 is 0 Å². The van der Waals surface area contributed by atoms with Crippen molar-refractivity contribution in [3.05, 3.63) is 59.6 Å². The number of aliphatic hydroxyl groups excluding tert-OH is 1. The number of carbonyl (C=O) groups excluding carboxylic acids is 2. The lowest BCUT2D eigenvalue weighted by Gasteiger charge is -2.26. The molecule has 1 N–H and O–H groups in total. The third kappa shape index (κ3) is 2.74. The maximum atomic E-state index is 12.7. The van der Waals surface area contributed by atoms with Gasteiger partial charge in [0.05, 0.1) is 18.1 Å². The molecule has 0 fully saturated rings. The summed E-state index contributed by atoms with van der Waals surface area (Å²) in [5.74, 6) is -1.19. The van der Waals surface area contributed by atoms with Gasteiger partial charge in [0, 0.05) is 13.1 Å². The Morgan fingerprint density at radius 1 is 1.25 bits per heavy atom. The van der Waals surface area contributed by atoms with E-state index >= 15 is 0 Å². The molecule has 0 aromatic carbocycles. The minimum absolute atomic E-state index is 0.0244. The number of rotatable bonds is 6. The fourth-order valence-corrected chi connectivity index (χ4v) is 2.71. The number of carbonyl (C=O) groups is 2. The lowest BCUT2D eigenvalue weighted by Crippen LogP contribution is -2.36. The number of nitrogens with zero attached hydrogens (tertiary/aromatic N) is 2. The lowest BCUT2D eigenvalue weighted by molar-refractivity contribution is -0.129. The minimum atomic E-state index is -0.773. The molecule has 0 aliphatic carbocycles. The summed E-state index contributed by atoms with van der Waals surface area (Å²) in [6.07, 6.45) is 2.83. The zero-order valence-electron chi connectivity index (χ0n) is 13.4. The van der Waals surface area contributed by atoms with E-state index in [1.807, 2.05) is 19.0 Å². The van der Waals surface area contributed by atoms with E-state index in [9.17, 15) is 14.7 Å². The summed E-state index contributed by atoms with van der Waals surface area (Å²) in [6.45, 7) is 0.925. The molecule has 3 rings (SSSR count). The molecule has 0 saturated heterocycles. The van der Waals surface area contributed by atoms with E-state index in [-0.39, 0.29) is 11.3 Å². The van der Waals surface area contributed by atoms with Crippen molar-refractivity contribution in [3.8, 4) is 0 Å². The minimum Gasteiger partial charge on any atom is -0.503 e. The summed E-state index contributed by atoms with van der Waals surface area (Å²) in [7, 11) is 3.76. The summed E-state index contributed by atoms with van der Waals surface area (Å²) >= 11 is 0. The monoisotopic (exact) mass is 330 g/mol. The number of amides is 1. The maximum Gasteiger partial charge on any atom is 0.290 e. The van der Waals surface area contributed by atoms with Crippen LogP contribution in [-0.4, -0.2) is 53.8 Å².